The van der Waals surface area contributed by atoms with Crippen molar-refractivity contribution in [2.75, 3.05) is 12.0 Å². The molecule has 1 aliphatic rings. The van der Waals surface area contributed by atoms with Gasteiger partial charge in [-0.1, -0.05) is 24.3 Å². The second-order valence-corrected chi connectivity index (χ2v) is 6.42. The number of carbonyl (C=O) groups excluding carboxylic acids is 1. The smallest absolute Gasteiger partial charge is 0.281 e. The van der Waals surface area contributed by atoms with Crippen LogP contribution in [0.3, 0.4) is 0 Å². The summed E-state index contributed by atoms with van der Waals surface area (Å²) in [5.41, 5.74) is 1.87. The van der Waals surface area contributed by atoms with Crippen LogP contribution in [0.2, 0.25) is 0 Å². The number of hydrogen-bond acceptors (Lipinski definition) is 4. The topological polar surface area (TPSA) is 50.8 Å². The van der Waals surface area contributed by atoms with Gasteiger partial charge in [-0.2, -0.15) is 0 Å². The van der Waals surface area contributed by atoms with Crippen molar-refractivity contribution < 1.29 is 14.3 Å². The van der Waals surface area contributed by atoms with Gasteiger partial charge in [0.1, 0.15) is 17.2 Å². The van der Waals surface area contributed by atoms with Crippen LogP contribution in [0.5, 0.6) is 11.5 Å². The minimum absolute atomic E-state index is 0.0381. The Morgan fingerprint density at radius 2 is 1.92 bits per heavy atom. The predicted molar refractivity (Wildman–Crippen MR) is 106 cm³/mol. The fraction of sp³-hybridized carbons (Fsp3) is 0.200. The molecule has 0 radical (unpaired) electrons. The zero-order valence-electron chi connectivity index (χ0n) is 14.9. The molecule has 6 heteroatoms. The van der Waals surface area contributed by atoms with Crippen LogP contribution in [-0.4, -0.2) is 24.2 Å². The minimum atomic E-state index is -0.220. The molecular weight excluding hydrogens is 348 g/mol. The number of methoxy groups -OCH3 is 1. The Kier molecular flexibility index (Phi) is 5.23. The van der Waals surface area contributed by atoms with Crippen molar-refractivity contribution in [2.45, 2.75) is 20.0 Å². The molecule has 26 heavy (non-hydrogen) atoms. The highest BCUT2D eigenvalue weighted by Crippen LogP contribution is 2.28. The van der Waals surface area contributed by atoms with Gasteiger partial charge in [-0.3, -0.25) is 9.69 Å². The van der Waals surface area contributed by atoms with Gasteiger partial charge in [0, 0.05) is 11.6 Å². The number of nitrogens with one attached hydrogen (secondary N) is 1. The van der Waals surface area contributed by atoms with E-state index < -0.39 is 0 Å². The minimum Gasteiger partial charge on any atom is -0.497 e. The summed E-state index contributed by atoms with van der Waals surface area (Å²) in [6, 6.07) is 14.8. The van der Waals surface area contributed by atoms with Crippen LogP contribution in [0.1, 0.15) is 19.4 Å². The molecule has 0 saturated carbocycles. The summed E-state index contributed by atoms with van der Waals surface area (Å²) < 4.78 is 11.0. The average Bonchev–Trinajstić information content (AvgIpc) is 2.90. The van der Waals surface area contributed by atoms with Crippen LogP contribution in [0, 0.1) is 0 Å². The van der Waals surface area contributed by atoms with Gasteiger partial charge in [0.25, 0.3) is 5.91 Å². The van der Waals surface area contributed by atoms with E-state index in [1.807, 2.05) is 56.3 Å². The van der Waals surface area contributed by atoms with Crippen LogP contribution >= 0.6 is 12.2 Å². The second-order valence-electron chi connectivity index (χ2n) is 6.03. The van der Waals surface area contributed by atoms with Gasteiger partial charge in [0.15, 0.2) is 5.11 Å². The maximum absolute atomic E-state index is 12.9. The van der Waals surface area contributed by atoms with Gasteiger partial charge in [0.2, 0.25) is 0 Å². The van der Waals surface area contributed by atoms with E-state index in [4.69, 9.17) is 21.7 Å². The molecule has 0 spiro atoms. The molecule has 0 bridgehead atoms. The van der Waals surface area contributed by atoms with E-state index in [1.54, 1.807) is 19.3 Å². The average molecular weight is 368 g/mol. The Balaban J connectivity index is 1.93. The first kappa shape index (κ1) is 17.9. The van der Waals surface area contributed by atoms with Crippen molar-refractivity contribution in [3.63, 3.8) is 0 Å². The zero-order valence-corrected chi connectivity index (χ0v) is 15.7. The Labute approximate surface area is 158 Å². The number of amides is 1. The second kappa shape index (κ2) is 7.58. The molecule has 1 aliphatic heterocycles. The van der Waals surface area contributed by atoms with Gasteiger partial charge < -0.3 is 14.8 Å². The summed E-state index contributed by atoms with van der Waals surface area (Å²) >= 11 is 5.36. The lowest BCUT2D eigenvalue weighted by Crippen LogP contribution is -2.30. The molecule has 2 aromatic rings. The highest BCUT2D eigenvalue weighted by Gasteiger charge is 2.32. The third-order valence-corrected chi connectivity index (χ3v) is 4.06. The molecule has 5 nitrogen and oxygen atoms in total. The lowest BCUT2D eigenvalue weighted by atomic mass is 10.1. The molecule has 3 rings (SSSR count). The zero-order chi connectivity index (χ0) is 18.7. The number of nitrogens with zero attached hydrogens (tertiary/aromatic N) is 1. The van der Waals surface area contributed by atoms with Crippen molar-refractivity contribution in [1.82, 2.24) is 5.32 Å². The molecule has 134 valence electrons. The van der Waals surface area contributed by atoms with Gasteiger partial charge in [0.05, 0.1) is 18.9 Å². The van der Waals surface area contributed by atoms with Crippen molar-refractivity contribution in [3.05, 3.63) is 59.8 Å². The summed E-state index contributed by atoms with van der Waals surface area (Å²) in [6.45, 7) is 3.92. The van der Waals surface area contributed by atoms with Crippen molar-refractivity contribution >= 4 is 35.0 Å². The maximum Gasteiger partial charge on any atom is 0.281 e. The molecule has 0 aliphatic carbocycles. The molecule has 0 unspecified atom stereocenters. The number of rotatable bonds is 5. The molecule has 1 saturated heterocycles. The van der Waals surface area contributed by atoms with Crippen LogP contribution in [0.25, 0.3) is 6.08 Å². The Morgan fingerprint density at radius 3 is 2.65 bits per heavy atom. The van der Waals surface area contributed by atoms with Crippen LogP contribution in [0.4, 0.5) is 5.69 Å². The molecule has 0 atom stereocenters. The lowest BCUT2D eigenvalue weighted by Gasteiger charge is -2.14. The summed E-state index contributed by atoms with van der Waals surface area (Å²) in [6.07, 6.45) is 1.79. The summed E-state index contributed by atoms with van der Waals surface area (Å²) in [5, 5.41) is 3.32. The predicted octanol–water partition coefficient (Wildman–Crippen LogP) is 3.74. The van der Waals surface area contributed by atoms with Gasteiger partial charge in [-0.05, 0) is 50.3 Å². The van der Waals surface area contributed by atoms with Crippen LogP contribution < -0.4 is 19.7 Å². The van der Waals surface area contributed by atoms with E-state index in [1.165, 1.54) is 4.90 Å². The Hall–Kier alpha value is -2.86. The quantitative estimate of drug-likeness (QED) is 0.644. The largest absolute Gasteiger partial charge is 0.497 e. The van der Waals surface area contributed by atoms with E-state index in [-0.39, 0.29) is 12.0 Å². The Bertz CT molecular complexity index is 877. The van der Waals surface area contributed by atoms with Gasteiger partial charge >= 0.3 is 0 Å². The first-order chi connectivity index (χ1) is 12.5. The van der Waals surface area contributed by atoms with Crippen LogP contribution in [0.15, 0.2) is 54.2 Å². The van der Waals surface area contributed by atoms with E-state index >= 15 is 0 Å². The molecular formula is C20H20N2O3S. The van der Waals surface area contributed by atoms with E-state index in [0.717, 1.165) is 11.3 Å². The number of benzene rings is 2. The number of hydrogen-bond donors (Lipinski definition) is 1. The van der Waals surface area contributed by atoms with Crippen molar-refractivity contribution in [1.29, 1.82) is 0 Å². The third kappa shape index (κ3) is 3.70. The molecule has 1 amide bonds. The van der Waals surface area contributed by atoms with E-state index in [2.05, 4.69) is 5.32 Å². The highest BCUT2D eigenvalue weighted by atomic mass is 32.1. The monoisotopic (exact) mass is 368 g/mol. The first-order valence-corrected chi connectivity index (χ1v) is 8.67. The highest BCUT2D eigenvalue weighted by molar-refractivity contribution is 7.80. The molecule has 1 heterocycles. The fourth-order valence-electron chi connectivity index (χ4n) is 2.64. The number of carbonyl (C=O) groups is 1. The molecule has 2 aromatic carbocycles. The summed E-state index contributed by atoms with van der Waals surface area (Å²) in [7, 11) is 1.58. The number of para-hydroxylation sites is 1. The van der Waals surface area contributed by atoms with E-state index in [0.29, 0.717) is 22.2 Å². The molecule has 1 fully saturated rings. The number of anilines is 1. The van der Waals surface area contributed by atoms with Crippen molar-refractivity contribution in [3.8, 4) is 11.5 Å². The summed E-state index contributed by atoms with van der Waals surface area (Å²) in [4.78, 5) is 14.3. The van der Waals surface area contributed by atoms with Crippen molar-refractivity contribution in [2.24, 2.45) is 0 Å². The van der Waals surface area contributed by atoms with Gasteiger partial charge in [-0.15, -0.1) is 0 Å². The first-order valence-electron chi connectivity index (χ1n) is 8.26. The van der Waals surface area contributed by atoms with Crippen LogP contribution in [-0.2, 0) is 4.79 Å². The maximum atomic E-state index is 12.9. The standard InChI is InChI=1S/C20H20N2O3S/c1-13(2)25-18-10-5-4-7-14(18)11-17-19(23)22(20(26)21-17)15-8-6-9-16(12-15)24-3/h4-13H,1-3H3,(H,21,26)/b17-11-. The van der Waals surface area contributed by atoms with Gasteiger partial charge in [-0.25, -0.2) is 0 Å². The summed E-state index contributed by atoms with van der Waals surface area (Å²) in [5.74, 6) is 1.16. The molecule has 0 aromatic heterocycles. The third-order valence-electron chi connectivity index (χ3n) is 3.77. The lowest BCUT2D eigenvalue weighted by molar-refractivity contribution is -0.113. The molecule has 1 N–H and O–H groups in total. The SMILES string of the molecule is COc1cccc(N2C(=O)/C(=C/c3ccccc3OC(C)C)NC2=S)c1. The number of ether oxygens (including phenoxy) is 2. The van der Waals surface area contributed by atoms with E-state index in [9.17, 15) is 4.79 Å². The number of thiocarbonyl (C=S) groups is 1. The fourth-order valence-corrected chi connectivity index (χ4v) is 2.93. The Morgan fingerprint density at radius 1 is 1.15 bits per heavy atom. The normalized spacial score (nSPS) is 15.5.